The van der Waals surface area contributed by atoms with E-state index in [4.69, 9.17) is 9.47 Å². The molecule has 0 radical (unpaired) electrons. The summed E-state index contributed by atoms with van der Waals surface area (Å²) >= 11 is 2.21. The molecule has 0 N–H and O–H groups in total. The molecule has 0 saturated carbocycles. The highest BCUT2D eigenvalue weighted by molar-refractivity contribution is 14.1. The van der Waals surface area contributed by atoms with Gasteiger partial charge in [0, 0.05) is 15.8 Å². The largest absolute Gasteiger partial charge is 0.469 e. The molecule has 1 saturated heterocycles. The van der Waals surface area contributed by atoms with Crippen molar-refractivity contribution in [1.29, 1.82) is 0 Å². The van der Waals surface area contributed by atoms with Crippen LogP contribution in [0.5, 0.6) is 5.88 Å². The zero-order valence-corrected chi connectivity index (χ0v) is 8.52. The third-order valence-electron chi connectivity index (χ3n) is 1.60. The van der Waals surface area contributed by atoms with Crippen molar-refractivity contribution in [2.45, 2.75) is 6.10 Å². The first kappa shape index (κ1) is 8.25. The second-order valence-electron chi connectivity index (χ2n) is 2.59. The smallest absolute Gasteiger partial charge is 0.213 e. The van der Waals surface area contributed by atoms with Crippen LogP contribution >= 0.6 is 22.6 Å². The van der Waals surface area contributed by atoms with Gasteiger partial charge in [-0.2, -0.15) is 0 Å². The fourth-order valence-corrected chi connectivity index (χ4v) is 1.20. The molecule has 1 aromatic rings. The van der Waals surface area contributed by atoms with Crippen molar-refractivity contribution in [3.63, 3.8) is 0 Å². The number of pyridine rings is 1. The van der Waals surface area contributed by atoms with Gasteiger partial charge in [0.2, 0.25) is 5.88 Å². The molecule has 0 aliphatic carbocycles. The van der Waals surface area contributed by atoms with Crippen molar-refractivity contribution in [3.8, 4) is 5.88 Å². The van der Waals surface area contributed by atoms with Gasteiger partial charge in [0.1, 0.15) is 6.10 Å². The standard InChI is InChI=1S/C8H8INO2/c9-6-1-2-8(10-3-6)12-7-4-11-5-7/h1-3,7H,4-5H2. The molecule has 1 aliphatic rings. The number of hydrogen-bond acceptors (Lipinski definition) is 3. The van der Waals surface area contributed by atoms with Gasteiger partial charge in [-0.3, -0.25) is 0 Å². The quantitative estimate of drug-likeness (QED) is 0.767. The van der Waals surface area contributed by atoms with Gasteiger partial charge in [-0.15, -0.1) is 0 Å². The van der Waals surface area contributed by atoms with Gasteiger partial charge < -0.3 is 9.47 Å². The first-order valence-corrected chi connectivity index (χ1v) is 4.78. The average Bonchev–Trinajstić information content (AvgIpc) is 2.00. The minimum atomic E-state index is 0.206. The van der Waals surface area contributed by atoms with Crippen LogP contribution in [0.2, 0.25) is 0 Å². The first-order valence-electron chi connectivity index (χ1n) is 3.70. The first-order chi connectivity index (χ1) is 5.84. The lowest BCUT2D eigenvalue weighted by molar-refractivity contribution is -0.0813. The van der Waals surface area contributed by atoms with Gasteiger partial charge in [0.15, 0.2) is 0 Å². The number of halogens is 1. The highest BCUT2D eigenvalue weighted by Crippen LogP contribution is 2.13. The van der Waals surface area contributed by atoms with Crippen LogP contribution in [0.3, 0.4) is 0 Å². The predicted molar refractivity (Wildman–Crippen MR) is 52.2 cm³/mol. The van der Waals surface area contributed by atoms with Crippen molar-refractivity contribution in [1.82, 2.24) is 4.98 Å². The number of hydrogen-bond donors (Lipinski definition) is 0. The van der Waals surface area contributed by atoms with Crippen molar-refractivity contribution in [2.24, 2.45) is 0 Å². The van der Waals surface area contributed by atoms with Crippen molar-refractivity contribution >= 4 is 22.6 Å². The summed E-state index contributed by atoms with van der Waals surface area (Å²) in [4.78, 5) is 4.11. The molecule has 2 heterocycles. The number of nitrogens with zero attached hydrogens (tertiary/aromatic N) is 1. The molecular formula is C8H8INO2. The Morgan fingerprint density at radius 1 is 1.50 bits per heavy atom. The van der Waals surface area contributed by atoms with E-state index in [1.807, 2.05) is 12.1 Å². The highest BCUT2D eigenvalue weighted by Gasteiger charge is 2.20. The van der Waals surface area contributed by atoms with Gasteiger partial charge in [0.25, 0.3) is 0 Å². The van der Waals surface area contributed by atoms with Crippen molar-refractivity contribution in [2.75, 3.05) is 13.2 Å². The van der Waals surface area contributed by atoms with Gasteiger partial charge in [0.05, 0.1) is 13.2 Å². The van der Waals surface area contributed by atoms with Crippen LogP contribution in [-0.4, -0.2) is 24.3 Å². The van der Waals surface area contributed by atoms with Gasteiger partial charge in [-0.25, -0.2) is 4.98 Å². The number of aromatic nitrogens is 1. The second kappa shape index (κ2) is 3.57. The Morgan fingerprint density at radius 3 is 2.83 bits per heavy atom. The van der Waals surface area contributed by atoms with Crippen molar-refractivity contribution in [3.05, 3.63) is 21.9 Å². The van der Waals surface area contributed by atoms with Crippen LogP contribution in [0.4, 0.5) is 0 Å². The SMILES string of the molecule is Ic1ccc(OC2COC2)nc1. The second-order valence-corrected chi connectivity index (χ2v) is 3.84. The zero-order valence-electron chi connectivity index (χ0n) is 6.37. The van der Waals surface area contributed by atoms with Crippen LogP contribution in [0, 0.1) is 3.57 Å². The normalized spacial score (nSPS) is 17.1. The van der Waals surface area contributed by atoms with Crippen LogP contribution in [0.15, 0.2) is 18.3 Å². The summed E-state index contributed by atoms with van der Waals surface area (Å²) in [5, 5.41) is 0. The molecule has 0 amide bonds. The van der Waals surface area contributed by atoms with E-state index in [1.165, 1.54) is 0 Å². The van der Waals surface area contributed by atoms with Crippen LogP contribution in [0.25, 0.3) is 0 Å². The highest BCUT2D eigenvalue weighted by atomic mass is 127. The van der Waals surface area contributed by atoms with Crippen molar-refractivity contribution < 1.29 is 9.47 Å². The molecule has 1 fully saturated rings. The summed E-state index contributed by atoms with van der Waals surface area (Å²) in [6, 6.07) is 3.85. The van der Waals surface area contributed by atoms with E-state index in [9.17, 15) is 0 Å². The Hall–Kier alpha value is -0.360. The minimum absolute atomic E-state index is 0.206. The number of rotatable bonds is 2. The molecule has 0 atom stereocenters. The maximum Gasteiger partial charge on any atom is 0.213 e. The minimum Gasteiger partial charge on any atom is -0.469 e. The molecule has 12 heavy (non-hydrogen) atoms. The monoisotopic (exact) mass is 277 g/mol. The fourth-order valence-electron chi connectivity index (χ4n) is 0.885. The molecular weight excluding hydrogens is 269 g/mol. The number of ether oxygens (including phenoxy) is 2. The summed E-state index contributed by atoms with van der Waals surface area (Å²) in [6.07, 6.45) is 1.99. The van der Waals surface area contributed by atoms with Gasteiger partial charge >= 0.3 is 0 Å². The third kappa shape index (κ3) is 1.87. The van der Waals surface area contributed by atoms with E-state index >= 15 is 0 Å². The fraction of sp³-hybridized carbons (Fsp3) is 0.375. The molecule has 2 rings (SSSR count). The van der Waals surface area contributed by atoms with Gasteiger partial charge in [-0.1, -0.05) is 0 Å². The van der Waals surface area contributed by atoms with Crippen LogP contribution < -0.4 is 4.74 Å². The third-order valence-corrected chi connectivity index (χ3v) is 2.23. The molecule has 0 aromatic carbocycles. The Balaban J connectivity index is 1.98. The average molecular weight is 277 g/mol. The Morgan fingerprint density at radius 2 is 2.33 bits per heavy atom. The molecule has 0 spiro atoms. The molecule has 3 nitrogen and oxygen atoms in total. The maximum absolute atomic E-state index is 5.47. The lowest BCUT2D eigenvalue weighted by Crippen LogP contribution is -2.38. The summed E-state index contributed by atoms with van der Waals surface area (Å²) in [5.74, 6) is 0.684. The summed E-state index contributed by atoms with van der Waals surface area (Å²) in [7, 11) is 0. The van der Waals surface area contributed by atoms with E-state index in [0.29, 0.717) is 19.1 Å². The Kier molecular flexibility index (Phi) is 2.45. The van der Waals surface area contributed by atoms with Crippen LogP contribution in [-0.2, 0) is 4.74 Å². The summed E-state index contributed by atoms with van der Waals surface area (Å²) in [5.41, 5.74) is 0. The topological polar surface area (TPSA) is 31.4 Å². The van der Waals surface area contributed by atoms with E-state index in [0.717, 1.165) is 3.57 Å². The van der Waals surface area contributed by atoms with E-state index < -0.39 is 0 Å². The van der Waals surface area contributed by atoms with E-state index in [1.54, 1.807) is 6.20 Å². The van der Waals surface area contributed by atoms with E-state index in [2.05, 4.69) is 27.6 Å². The lowest BCUT2D eigenvalue weighted by atomic mass is 10.3. The predicted octanol–water partition coefficient (Wildman–Crippen LogP) is 1.46. The van der Waals surface area contributed by atoms with Crippen LogP contribution in [0.1, 0.15) is 0 Å². The maximum atomic E-state index is 5.47. The summed E-state index contributed by atoms with van der Waals surface area (Å²) in [6.45, 7) is 1.38. The molecule has 0 unspecified atom stereocenters. The lowest BCUT2D eigenvalue weighted by Gasteiger charge is -2.25. The molecule has 4 heteroatoms. The molecule has 0 bridgehead atoms. The molecule has 64 valence electrons. The zero-order chi connectivity index (χ0) is 8.39. The van der Waals surface area contributed by atoms with E-state index in [-0.39, 0.29) is 6.10 Å². The Bertz CT molecular complexity index is 258. The molecule has 1 aliphatic heterocycles. The molecule has 1 aromatic heterocycles. The summed E-state index contributed by atoms with van der Waals surface area (Å²) < 4.78 is 11.6. The Labute approximate surface area is 84.2 Å². The van der Waals surface area contributed by atoms with Gasteiger partial charge in [-0.05, 0) is 28.7 Å².